The highest BCUT2D eigenvalue weighted by Gasteiger charge is 2.19. The second-order valence-corrected chi connectivity index (χ2v) is 7.33. The lowest BCUT2D eigenvalue weighted by molar-refractivity contribution is -0.115. The van der Waals surface area contributed by atoms with Crippen LogP contribution in [0.3, 0.4) is 0 Å². The van der Waals surface area contributed by atoms with Gasteiger partial charge in [0, 0.05) is 30.2 Å². The number of oxazole rings is 1. The minimum Gasteiger partial charge on any atom is -0.444 e. The second-order valence-electron chi connectivity index (χ2n) is 7.33. The van der Waals surface area contributed by atoms with E-state index in [4.69, 9.17) is 9.41 Å². The summed E-state index contributed by atoms with van der Waals surface area (Å²) in [6, 6.07) is 17.5. The number of rotatable bonds is 5. The molecule has 31 heavy (non-hydrogen) atoms. The molecule has 0 spiro atoms. The molecule has 2 aromatic heterocycles. The number of anilines is 1. The maximum absolute atomic E-state index is 12.6. The van der Waals surface area contributed by atoms with E-state index in [9.17, 15) is 4.79 Å². The van der Waals surface area contributed by atoms with Crippen molar-refractivity contribution >= 4 is 23.0 Å². The number of nitrogens with zero attached hydrogens (tertiary/aromatic N) is 3. The maximum Gasteiger partial charge on any atom is 0.230 e. The Morgan fingerprint density at radius 1 is 1.10 bits per heavy atom. The van der Waals surface area contributed by atoms with E-state index in [-0.39, 0.29) is 12.3 Å². The van der Waals surface area contributed by atoms with Gasteiger partial charge in [0.1, 0.15) is 6.26 Å². The molecule has 1 amide bonds. The number of carbonyl (C=O) groups is 1. The first-order valence-corrected chi connectivity index (χ1v) is 10.0. The predicted octanol–water partition coefficient (Wildman–Crippen LogP) is 4.31. The molecule has 1 aliphatic rings. The summed E-state index contributed by atoms with van der Waals surface area (Å²) in [5.74, 6) is 0.447. The van der Waals surface area contributed by atoms with E-state index in [1.165, 1.54) is 0 Å². The molecule has 2 aromatic carbocycles. The fraction of sp³-hybridized carbons (Fsp3) is 0.125. The lowest BCUT2D eigenvalue weighted by Crippen LogP contribution is -2.15. The Hall–Kier alpha value is -3.97. The van der Waals surface area contributed by atoms with Gasteiger partial charge >= 0.3 is 0 Å². The number of amides is 1. The normalized spacial score (nSPS) is 13.3. The van der Waals surface area contributed by atoms with Crippen LogP contribution < -0.4 is 10.6 Å². The molecule has 4 aromatic rings. The number of carbonyl (C=O) groups excluding carboxylic acids is 1. The molecule has 0 saturated heterocycles. The average Bonchev–Trinajstić information content (AvgIpc) is 3.44. The molecule has 0 aliphatic carbocycles. The van der Waals surface area contributed by atoms with E-state index in [1.54, 1.807) is 6.26 Å². The Kier molecular flexibility index (Phi) is 4.93. The SMILES string of the molecule is CNCc1coc(-c2cccc(C3=Nc4ccc(-n5cccc5)cc4NC(=O)C3)c2)n1. The van der Waals surface area contributed by atoms with E-state index in [0.29, 0.717) is 23.8 Å². The minimum absolute atomic E-state index is 0.0972. The molecule has 1 aliphatic heterocycles. The monoisotopic (exact) mass is 411 g/mol. The molecule has 154 valence electrons. The van der Waals surface area contributed by atoms with Crippen LogP contribution in [0.4, 0.5) is 11.4 Å². The molecular weight excluding hydrogens is 390 g/mol. The van der Waals surface area contributed by atoms with Gasteiger partial charge in [-0.15, -0.1) is 0 Å². The molecule has 0 unspecified atom stereocenters. The molecule has 7 nitrogen and oxygen atoms in total. The largest absolute Gasteiger partial charge is 0.444 e. The standard InChI is InChI=1S/C24H21N5O2/c1-25-14-18-15-31-24(26-18)17-6-4-5-16(11-17)21-13-23(30)28-22-12-19(7-8-20(22)27-21)29-9-2-3-10-29/h2-12,15,25H,13-14H2,1H3,(H,28,30). The van der Waals surface area contributed by atoms with Crippen molar-refractivity contribution in [2.75, 3.05) is 12.4 Å². The minimum atomic E-state index is -0.0972. The summed E-state index contributed by atoms with van der Waals surface area (Å²) >= 11 is 0. The molecule has 5 rings (SSSR count). The number of nitrogens with one attached hydrogen (secondary N) is 2. The third kappa shape index (κ3) is 3.91. The highest BCUT2D eigenvalue weighted by molar-refractivity contribution is 6.17. The van der Waals surface area contributed by atoms with Gasteiger partial charge in [0.25, 0.3) is 0 Å². The smallest absolute Gasteiger partial charge is 0.230 e. The van der Waals surface area contributed by atoms with Gasteiger partial charge in [-0.25, -0.2) is 4.98 Å². The maximum atomic E-state index is 12.6. The number of aromatic nitrogens is 2. The van der Waals surface area contributed by atoms with Crippen LogP contribution in [0.15, 0.2) is 82.7 Å². The highest BCUT2D eigenvalue weighted by Crippen LogP contribution is 2.32. The first kappa shape index (κ1) is 19.0. The number of hydrogen-bond acceptors (Lipinski definition) is 5. The third-order valence-electron chi connectivity index (χ3n) is 5.09. The van der Waals surface area contributed by atoms with Crippen molar-refractivity contribution in [2.24, 2.45) is 4.99 Å². The molecule has 0 saturated carbocycles. The zero-order valence-corrected chi connectivity index (χ0v) is 17.0. The van der Waals surface area contributed by atoms with Gasteiger partial charge in [-0.3, -0.25) is 9.79 Å². The first-order valence-electron chi connectivity index (χ1n) is 10.0. The third-order valence-corrected chi connectivity index (χ3v) is 5.09. The topological polar surface area (TPSA) is 84.5 Å². The Morgan fingerprint density at radius 2 is 1.94 bits per heavy atom. The molecule has 7 heteroatoms. The second kappa shape index (κ2) is 8.04. The lowest BCUT2D eigenvalue weighted by atomic mass is 10.0. The fourth-order valence-corrected chi connectivity index (χ4v) is 3.62. The van der Waals surface area contributed by atoms with Crippen molar-refractivity contribution in [3.63, 3.8) is 0 Å². The van der Waals surface area contributed by atoms with Gasteiger partial charge in [0.05, 0.1) is 29.2 Å². The summed E-state index contributed by atoms with van der Waals surface area (Å²) in [4.78, 5) is 21.9. The zero-order chi connectivity index (χ0) is 21.2. The number of benzene rings is 2. The van der Waals surface area contributed by atoms with Crippen LogP contribution >= 0.6 is 0 Å². The van der Waals surface area contributed by atoms with Crippen LogP contribution in [0.1, 0.15) is 17.7 Å². The molecule has 3 heterocycles. The van der Waals surface area contributed by atoms with Crippen molar-refractivity contribution < 1.29 is 9.21 Å². The first-order chi connectivity index (χ1) is 15.2. The van der Waals surface area contributed by atoms with Gasteiger partial charge in [-0.1, -0.05) is 12.1 Å². The van der Waals surface area contributed by atoms with Crippen LogP contribution in [0.2, 0.25) is 0 Å². The van der Waals surface area contributed by atoms with Crippen molar-refractivity contribution in [3.8, 4) is 17.1 Å². The van der Waals surface area contributed by atoms with Crippen LogP contribution in [0.25, 0.3) is 17.1 Å². The van der Waals surface area contributed by atoms with E-state index in [1.807, 2.05) is 78.6 Å². The molecule has 0 radical (unpaired) electrons. The molecule has 0 atom stereocenters. The van der Waals surface area contributed by atoms with Gasteiger partial charge in [0.2, 0.25) is 11.8 Å². The summed E-state index contributed by atoms with van der Waals surface area (Å²) in [5, 5.41) is 6.04. The lowest BCUT2D eigenvalue weighted by Gasteiger charge is -2.08. The van der Waals surface area contributed by atoms with Crippen LogP contribution in [0.5, 0.6) is 0 Å². The summed E-state index contributed by atoms with van der Waals surface area (Å²) in [7, 11) is 1.86. The van der Waals surface area contributed by atoms with Gasteiger partial charge in [0.15, 0.2) is 0 Å². The van der Waals surface area contributed by atoms with Gasteiger partial charge < -0.3 is 19.6 Å². The van der Waals surface area contributed by atoms with Crippen LogP contribution in [-0.2, 0) is 11.3 Å². The van der Waals surface area contributed by atoms with E-state index in [2.05, 4.69) is 15.6 Å². The number of aliphatic imine (C=N–C) groups is 1. The van der Waals surface area contributed by atoms with Gasteiger partial charge in [-0.2, -0.15) is 0 Å². The molecule has 0 fully saturated rings. The number of hydrogen-bond donors (Lipinski definition) is 2. The van der Waals surface area contributed by atoms with Crippen LogP contribution in [-0.4, -0.2) is 28.2 Å². The summed E-state index contributed by atoms with van der Waals surface area (Å²) in [5.41, 5.74) is 5.64. The fourth-order valence-electron chi connectivity index (χ4n) is 3.62. The Balaban J connectivity index is 1.50. The van der Waals surface area contributed by atoms with Crippen molar-refractivity contribution in [3.05, 3.63) is 84.5 Å². The van der Waals surface area contributed by atoms with Crippen LogP contribution in [0, 0.1) is 0 Å². The summed E-state index contributed by atoms with van der Waals surface area (Å²) in [6.45, 7) is 0.637. The highest BCUT2D eigenvalue weighted by atomic mass is 16.3. The molecule has 2 N–H and O–H groups in total. The van der Waals surface area contributed by atoms with E-state index in [0.717, 1.165) is 28.2 Å². The zero-order valence-electron chi connectivity index (χ0n) is 17.0. The average molecular weight is 411 g/mol. The summed E-state index contributed by atoms with van der Waals surface area (Å²) < 4.78 is 7.61. The van der Waals surface area contributed by atoms with E-state index < -0.39 is 0 Å². The van der Waals surface area contributed by atoms with E-state index >= 15 is 0 Å². The quantitative estimate of drug-likeness (QED) is 0.512. The van der Waals surface area contributed by atoms with Crippen molar-refractivity contribution in [2.45, 2.75) is 13.0 Å². The Morgan fingerprint density at radius 3 is 2.77 bits per heavy atom. The summed E-state index contributed by atoms with van der Waals surface area (Å²) in [6.07, 6.45) is 5.76. The van der Waals surface area contributed by atoms with Crippen molar-refractivity contribution in [1.82, 2.24) is 14.9 Å². The molecular formula is C24H21N5O2. The van der Waals surface area contributed by atoms with Gasteiger partial charge in [-0.05, 0) is 55.1 Å². The Bertz CT molecular complexity index is 1270. The molecule has 0 bridgehead atoms. The number of fused-ring (bicyclic) bond motifs is 1. The predicted molar refractivity (Wildman–Crippen MR) is 120 cm³/mol. The Labute approximate surface area is 179 Å². The van der Waals surface area contributed by atoms with Crippen molar-refractivity contribution in [1.29, 1.82) is 0 Å².